The Kier molecular flexibility index (Phi) is 6.64. The fourth-order valence-corrected chi connectivity index (χ4v) is 1.53. The van der Waals surface area contributed by atoms with Crippen LogP contribution in [0.3, 0.4) is 0 Å². The first-order valence-electron chi connectivity index (χ1n) is 7.18. The average molecular weight is 282 g/mol. The van der Waals surface area contributed by atoms with Gasteiger partial charge in [-0.3, -0.25) is 4.79 Å². The molecule has 0 fully saturated rings. The van der Waals surface area contributed by atoms with Crippen molar-refractivity contribution >= 4 is 5.91 Å². The van der Waals surface area contributed by atoms with Crippen LogP contribution in [-0.4, -0.2) is 40.7 Å². The van der Waals surface area contributed by atoms with E-state index in [0.717, 1.165) is 18.7 Å². The fourth-order valence-electron chi connectivity index (χ4n) is 1.53. The molecule has 0 bridgehead atoms. The molecule has 0 aliphatic carbocycles. The molecule has 6 heteroatoms. The lowest BCUT2D eigenvalue weighted by molar-refractivity contribution is -0.122. The molecule has 0 unspecified atom stereocenters. The van der Waals surface area contributed by atoms with Gasteiger partial charge in [0.1, 0.15) is 0 Å². The third-order valence-corrected chi connectivity index (χ3v) is 2.82. The normalized spacial score (nSPS) is 11.6. The molecule has 1 amide bonds. The predicted molar refractivity (Wildman–Crippen MR) is 77.5 cm³/mol. The Morgan fingerprint density at radius 1 is 1.40 bits per heavy atom. The number of hydrogen-bond acceptors (Lipinski definition) is 4. The van der Waals surface area contributed by atoms with Gasteiger partial charge >= 0.3 is 0 Å². The predicted octanol–water partition coefficient (Wildman–Crippen LogP) is 1.51. The standard InChI is InChI=1S/C14H26N4O2/c1-5-7-15-13(19)6-9-20-10-8-18-11-12(16-17-18)14(2,3)4/h11H,5-10H2,1-4H3,(H,15,19). The van der Waals surface area contributed by atoms with E-state index in [9.17, 15) is 4.79 Å². The van der Waals surface area contributed by atoms with Crippen LogP contribution < -0.4 is 5.32 Å². The molecule has 1 N–H and O–H groups in total. The molecule has 0 saturated carbocycles. The second-order valence-electron chi connectivity index (χ2n) is 5.83. The lowest BCUT2D eigenvalue weighted by atomic mass is 9.93. The number of aromatic nitrogens is 3. The van der Waals surface area contributed by atoms with Crippen molar-refractivity contribution in [3.8, 4) is 0 Å². The monoisotopic (exact) mass is 282 g/mol. The minimum absolute atomic E-state index is 0.0104. The zero-order chi connectivity index (χ0) is 15.0. The van der Waals surface area contributed by atoms with Crippen LogP contribution in [0.1, 0.15) is 46.2 Å². The molecule has 0 atom stereocenters. The molecule has 1 aromatic rings. The molecule has 1 heterocycles. The highest BCUT2D eigenvalue weighted by Gasteiger charge is 2.17. The smallest absolute Gasteiger partial charge is 0.222 e. The van der Waals surface area contributed by atoms with Gasteiger partial charge in [0.25, 0.3) is 0 Å². The molecule has 1 rings (SSSR count). The molecule has 0 aliphatic heterocycles. The van der Waals surface area contributed by atoms with Crippen molar-refractivity contribution in [1.29, 1.82) is 0 Å². The molecule has 0 aromatic carbocycles. The summed E-state index contributed by atoms with van der Waals surface area (Å²) in [7, 11) is 0. The van der Waals surface area contributed by atoms with E-state index in [1.807, 2.05) is 13.1 Å². The maximum absolute atomic E-state index is 11.3. The van der Waals surface area contributed by atoms with Crippen molar-refractivity contribution in [2.75, 3.05) is 19.8 Å². The number of nitrogens with zero attached hydrogens (tertiary/aromatic N) is 3. The van der Waals surface area contributed by atoms with E-state index in [4.69, 9.17) is 4.74 Å². The van der Waals surface area contributed by atoms with Crippen molar-refractivity contribution < 1.29 is 9.53 Å². The van der Waals surface area contributed by atoms with Gasteiger partial charge in [-0.25, -0.2) is 4.68 Å². The number of carbonyl (C=O) groups excluding carboxylic acids is 1. The number of hydrogen-bond donors (Lipinski definition) is 1. The minimum atomic E-state index is 0.0104. The molecule has 0 saturated heterocycles. The van der Waals surface area contributed by atoms with E-state index in [1.165, 1.54) is 0 Å². The van der Waals surface area contributed by atoms with Gasteiger partial charge in [-0.1, -0.05) is 32.9 Å². The van der Waals surface area contributed by atoms with Crippen LogP contribution in [0.5, 0.6) is 0 Å². The summed E-state index contributed by atoms with van der Waals surface area (Å²) in [4.78, 5) is 11.3. The van der Waals surface area contributed by atoms with Crippen molar-refractivity contribution in [3.63, 3.8) is 0 Å². The summed E-state index contributed by atoms with van der Waals surface area (Å²) in [5.74, 6) is 0.0441. The lowest BCUT2D eigenvalue weighted by Crippen LogP contribution is -2.25. The summed E-state index contributed by atoms with van der Waals surface area (Å²) >= 11 is 0. The van der Waals surface area contributed by atoms with Gasteiger partial charge < -0.3 is 10.1 Å². The number of carbonyl (C=O) groups is 1. The Balaban J connectivity index is 2.15. The maximum atomic E-state index is 11.3. The van der Waals surface area contributed by atoms with Gasteiger partial charge in [0.2, 0.25) is 5.91 Å². The Bertz CT molecular complexity index is 410. The average Bonchev–Trinajstić information content (AvgIpc) is 2.84. The molecular weight excluding hydrogens is 256 g/mol. The topological polar surface area (TPSA) is 69.0 Å². The summed E-state index contributed by atoms with van der Waals surface area (Å²) in [6, 6.07) is 0. The largest absolute Gasteiger partial charge is 0.379 e. The molecule has 114 valence electrons. The number of ether oxygens (including phenoxy) is 1. The number of rotatable bonds is 8. The van der Waals surface area contributed by atoms with Crippen molar-refractivity contribution in [1.82, 2.24) is 20.3 Å². The molecule has 20 heavy (non-hydrogen) atoms. The van der Waals surface area contributed by atoms with Gasteiger partial charge in [-0.2, -0.15) is 0 Å². The number of amides is 1. The van der Waals surface area contributed by atoms with Crippen LogP contribution in [0, 0.1) is 0 Å². The van der Waals surface area contributed by atoms with E-state index < -0.39 is 0 Å². The van der Waals surface area contributed by atoms with Crippen LogP contribution in [-0.2, 0) is 21.5 Å². The second-order valence-corrected chi connectivity index (χ2v) is 5.83. The Morgan fingerprint density at radius 2 is 2.15 bits per heavy atom. The van der Waals surface area contributed by atoms with Crippen LogP contribution >= 0.6 is 0 Å². The van der Waals surface area contributed by atoms with E-state index >= 15 is 0 Å². The number of nitrogens with one attached hydrogen (secondary N) is 1. The van der Waals surface area contributed by atoms with Gasteiger partial charge in [0, 0.05) is 24.6 Å². The SMILES string of the molecule is CCCNC(=O)CCOCCn1cc(C(C)(C)C)nn1. The molecule has 1 aromatic heterocycles. The Labute approximate surface area is 120 Å². The summed E-state index contributed by atoms with van der Waals surface area (Å²) in [6.07, 6.45) is 3.30. The van der Waals surface area contributed by atoms with Crippen LogP contribution in [0.4, 0.5) is 0 Å². The first-order valence-corrected chi connectivity index (χ1v) is 7.18. The minimum Gasteiger partial charge on any atom is -0.379 e. The van der Waals surface area contributed by atoms with Crippen LogP contribution in [0.2, 0.25) is 0 Å². The van der Waals surface area contributed by atoms with Gasteiger partial charge in [0.05, 0.1) is 25.5 Å². The molecule has 0 aliphatic rings. The van der Waals surface area contributed by atoms with E-state index in [-0.39, 0.29) is 11.3 Å². The molecular formula is C14H26N4O2. The quantitative estimate of drug-likeness (QED) is 0.734. The van der Waals surface area contributed by atoms with E-state index in [1.54, 1.807) is 4.68 Å². The third kappa shape index (κ3) is 6.14. The molecule has 0 radical (unpaired) electrons. The Hall–Kier alpha value is -1.43. The maximum Gasteiger partial charge on any atom is 0.222 e. The summed E-state index contributed by atoms with van der Waals surface area (Å²) < 4.78 is 7.21. The van der Waals surface area contributed by atoms with Crippen LogP contribution in [0.25, 0.3) is 0 Å². The highest BCUT2D eigenvalue weighted by molar-refractivity contribution is 5.75. The van der Waals surface area contributed by atoms with Gasteiger partial charge in [-0.15, -0.1) is 5.10 Å². The lowest BCUT2D eigenvalue weighted by Gasteiger charge is -2.12. The second kappa shape index (κ2) is 7.99. The van der Waals surface area contributed by atoms with E-state index in [0.29, 0.717) is 26.2 Å². The Morgan fingerprint density at radius 3 is 2.75 bits per heavy atom. The third-order valence-electron chi connectivity index (χ3n) is 2.82. The highest BCUT2D eigenvalue weighted by atomic mass is 16.5. The van der Waals surface area contributed by atoms with Crippen molar-refractivity contribution in [2.24, 2.45) is 0 Å². The van der Waals surface area contributed by atoms with E-state index in [2.05, 4.69) is 36.4 Å². The highest BCUT2D eigenvalue weighted by Crippen LogP contribution is 2.18. The van der Waals surface area contributed by atoms with Crippen LogP contribution in [0.15, 0.2) is 6.20 Å². The first kappa shape index (κ1) is 16.6. The summed E-state index contributed by atoms with van der Waals surface area (Å²) in [5.41, 5.74) is 0.979. The van der Waals surface area contributed by atoms with Crippen molar-refractivity contribution in [3.05, 3.63) is 11.9 Å². The first-order chi connectivity index (χ1) is 9.43. The van der Waals surface area contributed by atoms with Gasteiger partial charge in [-0.05, 0) is 6.42 Å². The zero-order valence-corrected chi connectivity index (χ0v) is 13.0. The van der Waals surface area contributed by atoms with Gasteiger partial charge in [0.15, 0.2) is 0 Å². The summed E-state index contributed by atoms with van der Waals surface area (Å²) in [5, 5.41) is 11.0. The fraction of sp³-hybridized carbons (Fsp3) is 0.786. The summed E-state index contributed by atoms with van der Waals surface area (Å²) in [6.45, 7) is 10.7. The molecule has 6 nitrogen and oxygen atoms in total. The molecule has 0 spiro atoms. The zero-order valence-electron chi connectivity index (χ0n) is 13.0. The van der Waals surface area contributed by atoms with Crippen molar-refractivity contribution in [2.45, 2.75) is 52.5 Å².